The molecule has 0 radical (unpaired) electrons. The number of nitrogens with zero attached hydrogens (tertiary/aromatic N) is 4. The molecule has 1 aliphatic heterocycles. The quantitative estimate of drug-likeness (QED) is 0.227. The lowest BCUT2D eigenvalue weighted by Gasteiger charge is -2.33. The van der Waals surface area contributed by atoms with Crippen LogP contribution in [0.5, 0.6) is 0 Å². The minimum atomic E-state index is -4.59. The molecule has 1 aromatic carbocycles. The van der Waals surface area contributed by atoms with E-state index in [1.165, 1.54) is 27.7 Å². The van der Waals surface area contributed by atoms with Crippen molar-refractivity contribution < 1.29 is 17.9 Å². The predicted molar refractivity (Wildman–Crippen MR) is 154 cm³/mol. The Morgan fingerprint density at radius 3 is 2.68 bits per heavy atom. The molecule has 1 saturated heterocycles. The number of aromatic nitrogens is 3. The number of methoxy groups -OCH3 is 1. The SMILES string of the molecule is COCc1csc(C(c2cccc(-n3cc4c(C(F)(F)F)cc(CN5CCC[C@H](C)C5)cn4c3=O)c2)C2CCC2)n1. The maximum atomic E-state index is 14.3. The molecule has 218 valence electrons. The highest BCUT2D eigenvalue weighted by Gasteiger charge is 2.35. The van der Waals surface area contributed by atoms with Crippen LogP contribution in [0.25, 0.3) is 11.2 Å². The van der Waals surface area contributed by atoms with Crippen molar-refractivity contribution in [2.45, 2.75) is 64.3 Å². The van der Waals surface area contributed by atoms with Gasteiger partial charge in [0.05, 0.1) is 29.1 Å². The van der Waals surface area contributed by atoms with Gasteiger partial charge in [0.2, 0.25) is 0 Å². The second-order valence-corrected chi connectivity index (χ2v) is 12.5. The lowest BCUT2D eigenvalue weighted by atomic mass is 9.73. The predicted octanol–water partition coefficient (Wildman–Crippen LogP) is 6.88. The van der Waals surface area contributed by atoms with E-state index in [1.807, 2.05) is 23.6 Å². The number of hydrogen-bond acceptors (Lipinski definition) is 5. The molecular formula is C31H35F3N4O2S. The van der Waals surface area contributed by atoms with E-state index < -0.39 is 17.4 Å². The average molecular weight is 585 g/mol. The van der Waals surface area contributed by atoms with E-state index in [2.05, 4.69) is 11.8 Å². The van der Waals surface area contributed by atoms with E-state index in [1.54, 1.807) is 30.7 Å². The molecule has 3 aromatic heterocycles. The molecule has 0 N–H and O–H groups in total. The first kappa shape index (κ1) is 28.2. The normalized spacial score (nSPS) is 19.5. The third-order valence-corrected chi connectivity index (χ3v) is 9.51. The Morgan fingerprint density at radius 2 is 1.98 bits per heavy atom. The summed E-state index contributed by atoms with van der Waals surface area (Å²) >= 11 is 1.61. The molecule has 4 aromatic rings. The van der Waals surface area contributed by atoms with E-state index in [0.29, 0.717) is 36.2 Å². The van der Waals surface area contributed by atoms with Crippen LogP contribution < -0.4 is 5.69 Å². The van der Waals surface area contributed by atoms with Crippen molar-refractivity contribution in [2.24, 2.45) is 11.8 Å². The molecule has 4 heterocycles. The zero-order chi connectivity index (χ0) is 28.7. The summed E-state index contributed by atoms with van der Waals surface area (Å²) in [5.41, 5.74) is 1.52. The fourth-order valence-corrected chi connectivity index (χ4v) is 7.39. The summed E-state index contributed by atoms with van der Waals surface area (Å²) in [5.74, 6) is 1.01. The molecule has 1 unspecified atom stereocenters. The van der Waals surface area contributed by atoms with Crippen LogP contribution in [-0.2, 0) is 24.1 Å². The Balaban J connectivity index is 1.40. The molecule has 0 amide bonds. The van der Waals surface area contributed by atoms with Gasteiger partial charge in [0.1, 0.15) is 5.01 Å². The fourth-order valence-electron chi connectivity index (χ4n) is 6.37. The van der Waals surface area contributed by atoms with Crippen molar-refractivity contribution in [2.75, 3.05) is 20.2 Å². The Hall–Kier alpha value is -2.95. The summed E-state index contributed by atoms with van der Waals surface area (Å²) in [5, 5.41) is 3.02. The number of likely N-dealkylation sites (tertiary alicyclic amines) is 1. The molecule has 2 fully saturated rings. The van der Waals surface area contributed by atoms with Gasteiger partial charge in [0.15, 0.2) is 0 Å². The Bertz CT molecular complexity index is 1590. The van der Waals surface area contributed by atoms with Crippen LogP contribution in [0.1, 0.15) is 72.3 Å². The van der Waals surface area contributed by atoms with Crippen LogP contribution in [0, 0.1) is 11.8 Å². The standard InChI is InChI=1S/C31H35F3N4O2S/c1-20-6-5-11-36(14-20)15-21-12-26(31(32,33)34)27-17-37(30(39)38(27)16-21)25-10-4-9-23(13-25)28(22-7-3-8-22)29-35-24(18-40-2)19-41-29/h4,9-10,12-13,16-17,19-20,22,28H,3,5-8,11,14-15,18H2,1-2H3/t20-,28?/m0/s1. The summed E-state index contributed by atoms with van der Waals surface area (Å²) < 4.78 is 50.6. The molecule has 2 aliphatic rings. The first-order valence-corrected chi connectivity index (χ1v) is 15.2. The van der Waals surface area contributed by atoms with E-state index in [-0.39, 0.29) is 11.4 Å². The number of imidazole rings is 1. The number of benzene rings is 1. The van der Waals surface area contributed by atoms with Crippen LogP contribution in [-0.4, -0.2) is 39.1 Å². The number of ether oxygens (including phenoxy) is 1. The number of piperidine rings is 1. The summed E-state index contributed by atoms with van der Waals surface area (Å²) in [7, 11) is 1.65. The Kier molecular flexibility index (Phi) is 7.82. The molecule has 6 rings (SSSR count). The van der Waals surface area contributed by atoms with Crippen LogP contribution >= 0.6 is 11.3 Å². The van der Waals surface area contributed by atoms with E-state index in [4.69, 9.17) is 9.72 Å². The van der Waals surface area contributed by atoms with Gasteiger partial charge < -0.3 is 4.74 Å². The van der Waals surface area contributed by atoms with Crippen molar-refractivity contribution >= 4 is 16.9 Å². The van der Waals surface area contributed by atoms with Crippen LogP contribution in [0.3, 0.4) is 0 Å². The molecule has 10 heteroatoms. The largest absolute Gasteiger partial charge is 0.418 e. The van der Waals surface area contributed by atoms with Gasteiger partial charge in [-0.2, -0.15) is 13.2 Å². The van der Waals surface area contributed by atoms with Crippen molar-refractivity contribution in [3.8, 4) is 5.69 Å². The zero-order valence-corrected chi connectivity index (χ0v) is 24.2. The molecule has 2 atom stereocenters. The topological polar surface area (TPSA) is 51.8 Å². The van der Waals surface area contributed by atoms with Crippen molar-refractivity contribution in [3.05, 3.63) is 86.0 Å². The van der Waals surface area contributed by atoms with E-state index >= 15 is 0 Å². The third-order valence-electron chi connectivity index (χ3n) is 8.53. The summed E-state index contributed by atoms with van der Waals surface area (Å²) in [6.07, 6.45) is 3.83. The average Bonchev–Trinajstić information content (AvgIpc) is 3.50. The highest BCUT2D eigenvalue weighted by molar-refractivity contribution is 7.09. The molecule has 1 aliphatic carbocycles. The maximum Gasteiger partial charge on any atom is 0.418 e. The number of hydrogen-bond donors (Lipinski definition) is 0. The molecule has 6 nitrogen and oxygen atoms in total. The maximum absolute atomic E-state index is 14.3. The third kappa shape index (κ3) is 5.74. The van der Waals surface area contributed by atoms with Gasteiger partial charge in [0.25, 0.3) is 0 Å². The van der Waals surface area contributed by atoms with Gasteiger partial charge in [-0.25, -0.2) is 9.78 Å². The second kappa shape index (κ2) is 11.4. The number of rotatable bonds is 8. The molecular weight excluding hydrogens is 549 g/mol. The Morgan fingerprint density at radius 1 is 1.15 bits per heavy atom. The monoisotopic (exact) mass is 584 g/mol. The minimum absolute atomic E-state index is 0.0660. The van der Waals surface area contributed by atoms with Gasteiger partial charge in [-0.1, -0.05) is 25.5 Å². The smallest absolute Gasteiger partial charge is 0.378 e. The Labute approximate surface area is 241 Å². The van der Waals surface area contributed by atoms with Gasteiger partial charge in [-0.3, -0.25) is 13.9 Å². The summed E-state index contributed by atoms with van der Waals surface area (Å²) in [6, 6.07) is 8.83. The second-order valence-electron chi connectivity index (χ2n) is 11.7. The number of alkyl halides is 3. The van der Waals surface area contributed by atoms with Crippen LogP contribution in [0.2, 0.25) is 0 Å². The van der Waals surface area contributed by atoms with Gasteiger partial charge in [-0.15, -0.1) is 11.3 Å². The number of halogens is 3. The van der Waals surface area contributed by atoms with Crippen molar-refractivity contribution in [3.63, 3.8) is 0 Å². The zero-order valence-electron chi connectivity index (χ0n) is 23.4. The van der Waals surface area contributed by atoms with Crippen molar-refractivity contribution in [1.29, 1.82) is 0 Å². The van der Waals surface area contributed by atoms with Gasteiger partial charge in [0, 0.05) is 43.9 Å². The number of thiazole rings is 1. The number of fused-ring (bicyclic) bond motifs is 1. The molecule has 0 spiro atoms. The van der Waals surface area contributed by atoms with E-state index in [9.17, 15) is 18.0 Å². The molecule has 1 saturated carbocycles. The molecule has 0 bridgehead atoms. The highest BCUT2D eigenvalue weighted by Crippen LogP contribution is 2.44. The van der Waals surface area contributed by atoms with Gasteiger partial charge in [-0.05, 0) is 73.4 Å². The summed E-state index contributed by atoms with van der Waals surface area (Å²) in [4.78, 5) is 20.7. The van der Waals surface area contributed by atoms with Crippen LogP contribution in [0.15, 0.2) is 52.9 Å². The first-order valence-electron chi connectivity index (χ1n) is 14.3. The number of pyridine rings is 1. The lowest BCUT2D eigenvalue weighted by Crippen LogP contribution is -2.34. The van der Waals surface area contributed by atoms with Crippen molar-refractivity contribution in [1.82, 2.24) is 18.9 Å². The molecule has 41 heavy (non-hydrogen) atoms. The van der Waals surface area contributed by atoms with E-state index in [0.717, 1.165) is 55.0 Å². The fraction of sp³-hybridized carbons (Fsp3) is 0.484. The van der Waals surface area contributed by atoms with Gasteiger partial charge >= 0.3 is 11.9 Å². The minimum Gasteiger partial charge on any atom is -0.378 e. The lowest BCUT2D eigenvalue weighted by molar-refractivity contribution is -0.136. The highest BCUT2D eigenvalue weighted by atomic mass is 32.1. The first-order chi connectivity index (χ1) is 19.7. The summed E-state index contributed by atoms with van der Waals surface area (Å²) in [6.45, 7) is 4.69. The van der Waals surface area contributed by atoms with Crippen LogP contribution in [0.4, 0.5) is 13.2 Å².